The predicted octanol–water partition coefficient (Wildman–Crippen LogP) is 3.59. The van der Waals surface area contributed by atoms with E-state index in [0.29, 0.717) is 11.7 Å². The van der Waals surface area contributed by atoms with E-state index in [9.17, 15) is 4.79 Å². The van der Waals surface area contributed by atoms with Gasteiger partial charge in [-0.05, 0) is 30.4 Å². The highest BCUT2D eigenvalue weighted by molar-refractivity contribution is 5.91. The molecule has 1 atom stereocenters. The largest absolute Gasteiger partial charge is 0.384 e. The first-order valence-electron chi connectivity index (χ1n) is 7.12. The number of carbonyl (C=O) groups excluding carboxylic acids is 1. The van der Waals surface area contributed by atoms with E-state index in [1.54, 1.807) is 0 Å². The highest BCUT2D eigenvalue weighted by Gasteiger charge is 2.34. The van der Waals surface area contributed by atoms with E-state index in [1.165, 1.54) is 18.4 Å². The minimum atomic E-state index is 0.0969. The number of para-hydroxylation sites is 1. The van der Waals surface area contributed by atoms with Crippen molar-refractivity contribution in [2.24, 2.45) is 11.8 Å². The number of nitrogens with one attached hydrogen (secondary N) is 1. The summed E-state index contributed by atoms with van der Waals surface area (Å²) in [5.74, 6) is 1.68. The molecule has 2 nitrogen and oxygen atoms in total. The van der Waals surface area contributed by atoms with Crippen molar-refractivity contribution in [3.05, 3.63) is 29.8 Å². The van der Waals surface area contributed by atoms with Gasteiger partial charge in [0, 0.05) is 18.2 Å². The van der Waals surface area contributed by atoms with Crippen LogP contribution in [-0.2, 0) is 4.79 Å². The van der Waals surface area contributed by atoms with Gasteiger partial charge in [-0.15, -0.1) is 0 Å². The highest BCUT2D eigenvalue weighted by atomic mass is 16.1. The molecule has 1 aliphatic heterocycles. The van der Waals surface area contributed by atoms with Gasteiger partial charge in [0.05, 0.1) is 5.92 Å². The maximum Gasteiger partial charge on any atom is 0.145 e. The van der Waals surface area contributed by atoms with Crippen LogP contribution < -0.4 is 5.32 Å². The summed E-state index contributed by atoms with van der Waals surface area (Å²) in [4.78, 5) is 12.6. The first-order chi connectivity index (χ1) is 8.75. The Labute approximate surface area is 109 Å². The van der Waals surface area contributed by atoms with Crippen molar-refractivity contribution in [1.82, 2.24) is 0 Å². The number of carbonyl (C=O) groups is 1. The topological polar surface area (TPSA) is 29.1 Å². The van der Waals surface area contributed by atoms with Crippen molar-refractivity contribution in [1.29, 1.82) is 0 Å². The summed E-state index contributed by atoms with van der Waals surface area (Å²) >= 11 is 0. The lowest BCUT2D eigenvalue weighted by Gasteiger charge is -2.27. The third kappa shape index (κ3) is 2.05. The van der Waals surface area contributed by atoms with Crippen LogP contribution in [0.25, 0.3) is 0 Å². The molecule has 1 aromatic rings. The number of ketones is 1. The first kappa shape index (κ1) is 11.8. The summed E-state index contributed by atoms with van der Waals surface area (Å²) in [6, 6.07) is 8.24. The molecule has 96 valence electrons. The van der Waals surface area contributed by atoms with Crippen LogP contribution in [0, 0.1) is 11.8 Å². The normalized spacial score (nSPS) is 30.6. The highest BCUT2D eigenvalue weighted by Crippen LogP contribution is 2.37. The fourth-order valence-electron chi connectivity index (χ4n) is 3.37. The third-order valence-corrected chi connectivity index (χ3v) is 4.59. The van der Waals surface area contributed by atoms with Gasteiger partial charge >= 0.3 is 0 Å². The second kappa shape index (κ2) is 4.75. The van der Waals surface area contributed by atoms with Gasteiger partial charge < -0.3 is 5.32 Å². The second-order valence-corrected chi connectivity index (χ2v) is 5.88. The van der Waals surface area contributed by atoms with E-state index in [4.69, 9.17) is 0 Å². The number of hydrogen-bond acceptors (Lipinski definition) is 2. The smallest absolute Gasteiger partial charge is 0.145 e. The summed E-state index contributed by atoms with van der Waals surface area (Å²) in [7, 11) is 0. The standard InChI is InChI=1S/C16H21NO/c1-11-6-8-12(9-7-11)16(18)14-10-17-15-5-3-2-4-13(14)15/h2-5,11-12,14,17H,6-10H2,1H3. The average molecular weight is 243 g/mol. The first-order valence-corrected chi connectivity index (χ1v) is 7.12. The Morgan fingerprint density at radius 2 is 1.89 bits per heavy atom. The molecule has 0 aromatic heterocycles. The molecule has 18 heavy (non-hydrogen) atoms. The van der Waals surface area contributed by atoms with Gasteiger partial charge in [0.25, 0.3) is 0 Å². The molecule has 0 saturated heterocycles. The van der Waals surface area contributed by atoms with Gasteiger partial charge in [-0.1, -0.05) is 38.0 Å². The van der Waals surface area contributed by atoms with E-state index >= 15 is 0 Å². The Balaban J connectivity index is 1.74. The summed E-state index contributed by atoms with van der Waals surface area (Å²) < 4.78 is 0. The molecular weight excluding hydrogens is 222 g/mol. The molecule has 1 N–H and O–H groups in total. The average Bonchev–Trinajstić information content (AvgIpc) is 2.82. The zero-order valence-corrected chi connectivity index (χ0v) is 11.0. The number of rotatable bonds is 2. The fraction of sp³-hybridized carbons (Fsp3) is 0.562. The SMILES string of the molecule is CC1CCC(C(=O)C2CNc3ccccc32)CC1. The van der Waals surface area contributed by atoms with Crippen molar-refractivity contribution in [2.75, 3.05) is 11.9 Å². The minimum Gasteiger partial charge on any atom is -0.384 e. The third-order valence-electron chi connectivity index (χ3n) is 4.59. The van der Waals surface area contributed by atoms with Gasteiger partial charge in [0.2, 0.25) is 0 Å². The predicted molar refractivity (Wildman–Crippen MR) is 73.8 cm³/mol. The van der Waals surface area contributed by atoms with Crippen LogP contribution in [-0.4, -0.2) is 12.3 Å². The van der Waals surface area contributed by atoms with Crippen molar-refractivity contribution in [3.8, 4) is 0 Å². The van der Waals surface area contributed by atoms with Gasteiger partial charge in [-0.3, -0.25) is 4.79 Å². The van der Waals surface area contributed by atoms with Gasteiger partial charge in [-0.25, -0.2) is 0 Å². The lowest BCUT2D eigenvalue weighted by molar-refractivity contribution is -0.125. The van der Waals surface area contributed by atoms with Gasteiger partial charge in [-0.2, -0.15) is 0 Å². The molecule has 0 bridgehead atoms. The number of benzene rings is 1. The molecule has 1 saturated carbocycles. The molecular formula is C16H21NO. The zero-order valence-electron chi connectivity index (χ0n) is 11.0. The van der Waals surface area contributed by atoms with Crippen LogP contribution in [0.1, 0.15) is 44.1 Å². The van der Waals surface area contributed by atoms with Crippen LogP contribution in [0.2, 0.25) is 0 Å². The molecule has 1 heterocycles. The molecule has 1 unspecified atom stereocenters. The van der Waals surface area contributed by atoms with Crippen molar-refractivity contribution >= 4 is 11.5 Å². The molecule has 3 rings (SSSR count). The lowest BCUT2D eigenvalue weighted by Crippen LogP contribution is -2.27. The Kier molecular flexibility index (Phi) is 3.11. The maximum atomic E-state index is 12.6. The second-order valence-electron chi connectivity index (χ2n) is 5.88. The Morgan fingerprint density at radius 3 is 2.67 bits per heavy atom. The van der Waals surface area contributed by atoms with Crippen LogP contribution in [0.15, 0.2) is 24.3 Å². The van der Waals surface area contributed by atoms with Gasteiger partial charge in [0.1, 0.15) is 5.78 Å². The Hall–Kier alpha value is -1.31. The van der Waals surface area contributed by atoms with E-state index in [2.05, 4.69) is 24.4 Å². The van der Waals surface area contributed by atoms with Crippen molar-refractivity contribution in [3.63, 3.8) is 0 Å². The molecule has 0 amide bonds. The van der Waals surface area contributed by atoms with Crippen LogP contribution in [0.4, 0.5) is 5.69 Å². The van der Waals surface area contributed by atoms with E-state index in [0.717, 1.165) is 31.0 Å². The quantitative estimate of drug-likeness (QED) is 0.860. The van der Waals surface area contributed by atoms with E-state index < -0.39 is 0 Å². The molecule has 2 heteroatoms. The number of hydrogen-bond donors (Lipinski definition) is 1. The molecule has 2 aliphatic rings. The number of Topliss-reactive ketones (excluding diaryl/α,β-unsaturated/α-hetero) is 1. The molecule has 1 aliphatic carbocycles. The van der Waals surface area contributed by atoms with Crippen LogP contribution >= 0.6 is 0 Å². The number of fused-ring (bicyclic) bond motifs is 1. The molecule has 0 radical (unpaired) electrons. The Bertz CT molecular complexity index is 446. The summed E-state index contributed by atoms with van der Waals surface area (Å²) in [6.45, 7) is 3.09. The van der Waals surface area contributed by atoms with E-state index in [1.807, 2.05) is 12.1 Å². The summed E-state index contributed by atoms with van der Waals surface area (Å²) in [5, 5.41) is 3.36. The zero-order chi connectivity index (χ0) is 12.5. The molecule has 1 aromatic carbocycles. The fourth-order valence-corrected chi connectivity index (χ4v) is 3.37. The minimum absolute atomic E-state index is 0.0969. The maximum absolute atomic E-state index is 12.6. The van der Waals surface area contributed by atoms with Crippen molar-refractivity contribution in [2.45, 2.75) is 38.5 Å². The summed E-state index contributed by atoms with van der Waals surface area (Å²) in [6.07, 6.45) is 4.63. The monoisotopic (exact) mass is 243 g/mol. The van der Waals surface area contributed by atoms with Gasteiger partial charge in [0.15, 0.2) is 0 Å². The number of anilines is 1. The van der Waals surface area contributed by atoms with Crippen LogP contribution in [0.3, 0.4) is 0 Å². The lowest BCUT2D eigenvalue weighted by atomic mass is 9.77. The van der Waals surface area contributed by atoms with Crippen molar-refractivity contribution < 1.29 is 4.79 Å². The Morgan fingerprint density at radius 1 is 1.17 bits per heavy atom. The molecule has 1 fully saturated rings. The van der Waals surface area contributed by atoms with Crippen LogP contribution in [0.5, 0.6) is 0 Å². The summed E-state index contributed by atoms with van der Waals surface area (Å²) in [5.41, 5.74) is 2.36. The van der Waals surface area contributed by atoms with E-state index in [-0.39, 0.29) is 5.92 Å². The molecule has 0 spiro atoms.